The molecular weight excluding hydrogens is 336 g/mol. The SMILES string of the molecule is CN1CCN(Cc2ccc(CNC(=O)c3cc(F)cc(F)c3)cc2)CC1. The van der Waals surface area contributed by atoms with E-state index in [4.69, 9.17) is 0 Å². The van der Waals surface area contributed by atoms with Gasteiger partial charge in [0.2, 0.25) is 0 Å². The van der Waals surface area contributed by atoms with Crippen LogP contribution < -0.4 is 5.32 Å². The number of benzene rings is 2. The van der Waals surface area contributed by atoms with Crippen LogP contribution in [0.25, 0.3) is 0 Å². The van der Waals surface area contributed by atoms with Crippen LogP contribution in [-0.4, -0.2) is 48.9 Å². The molecule has 0 bridgehead atoms. The van der Waals surface area contributed by atoms with Crippen LogP contribution in [0, 0.1) is 11.6 Å². The van der Waals surface area contributed by atoms with Crippen molar-refractivity contribution >= 4 is 5.91 Å². The third-order valence-corrected chi connectivity index (χ3v) is 4.60. The molecule has 1 fully saturated rings. The number of nitrogens with zero attached hydrogens (tertiary/aromatic N) is 2. The average Bonchev–Trinajstić information content (AvgIpc) is 2.62. The van der Waals surface area contributed by atoms with Crippen LogP contribution in [0.4, 0.5) is 8.78 Å². The first-order valence-electron chi connectivity index (χ1n) is 8.72. The van der Waals surface area contributed by atoms with Crippen LogP contribution in [0.2, 0.25) is 0 Å². The lowest BCUT2D eigenvalue weighted by Gasteiger charge is -2.32. The minimum atomic E-state index is -0.761. The van der Waals surface area contributed by atoms with Crippen LogP contribution in [0.5, 0.6) is 0 Å². The molecule has 1 heterocycles. The summed E-state index contributed by atoms with van der Waals surface area (Å²) in [4.78, 5) is 16.8. The molecule has 138 valence electrons. The monoisotopic (exact) mass is 359 g/mol. The first-order chi connectivity index (χ1) is 12.5. The summed E-state index contributed by atoms with van der Waals surface area (Å²) in [5.41, 5.74) is 2.16. The molecular formula is C20H23F2N3O. The third-order valence-electron chi connectivity index (χ3n) is 4.60. The summed E-state index contributed by atoms with van der Waals surface area (Å²) >= 11 is 0. The Hall–Kier alpha value is -2.31. The maximum atomic E-state index is 13.2. The Morgan fingerprint density at radius 1 is 0.962 bits per heavy atom. The number of carbonyl (C=O) groups is 1. The Kier molecular flexibility index (Phi) is 5.96. The van der Waals surface area contributed by atoms with Crippen molar-refractivity contribution in [2.75, 3.05) is 33.2 Å². The van der Waals surface area contributed by atoms with Gasteiger partial charge in [0.25, 0.3) is 5.91 Å². The molecule has 0 aliphatic carbocycles. The Morgan fingerprint density at radius 2 is 1.54 bits per heavy atom. The van der Waals surface area contributed by atoms with Crippen molar-refractivity contribution in [1.82, 2.24) is 15.1 Å². The number of carbonyl (C=O) groups excluding carboxylic acids is 1. The lowest BCUT2D eigenvalue weighted by molar-refractivity contribution is 0.0950. The lowest BCUT2D eigenvalue weighted by atomic mass is 10.1. The maximum absolute atomic E-state index is 13.2. The number of hydrogen-bond acceptors (Lipinski definition) is 3. The molecule has 2 aromatic rings. The highest BCUT2D eigenvalue weighted by Gasteiger charge is 2.14. The van der Waals surface area contributed by atoms with E-state index in [0.717, 1.165) is 56.5 Å². The predicted octanol–water partition coefficient (Wildman–Crippen LogP) is 2.64. The second-order valence-corrected chi connectivity index (χ2v) is 6.74. The molecule has 2 aromatic carbocycles. The van der Waals surface area contributed by atoms with Gasteiger partial charge in [-0.15, -0.1) is 0 Å². The van der Waals surface area contributed by atoms with E-state index in [-0.39, 0.29) is 5.56 Å². The normalized spacial score (nSPS) is 15.8. The van der Waals surface area contributed by atoms with E-state index in [1.54, 1.807) is 0 Å². The number of nitrogens with one attached hydrogen (secondary N) is 1. The van der Waals surface area contributed by atoms with Gasteiger partial charge in [0, 0.05) is 50.9 Å². The largest absolute Gasteiger partial charge is 0.348 e. The zero-order valence-electron chi connectivity index (χ0n) is 14.8. The molecule has 3 rings (SSSR count). The molecule has 6 heteroatoms. The van der Waals surface area contributed by atoms with E-state index >= 15 is 0 Å². The van der Waals surface area contributed by atoms with E-state index < -0.39 is 17.5 Å². The van der Waals surface area contributed by atoms with Crippen LogP contribution in [0.1, 0.15) is 21.5 Å². The number of amides is 1. The third kappa shape index (κ3) is 5.09. The van der Waals surface area contributed by atoms with Crippen molar-refractivity contribution in [3.05, 3.63) is 70.8 Å². The summed E-state index contributed by atoms with van der Waals surface area (Å²) in [7, 11) is 2.14. The quantitative estimate of drug-likeness (QED) is 0.892. The van der Waals surface area contributed by atoms with E-state index in [1.165, 1.54) is 5.56 Å². The standard InChI is InChI=1S/C20H23F2N3O/c1-24-6-8-25(9-7-24)14-16-4-2-15(3-5-16)13-23-20(26)17-10-18(21)12-19(22)11-17/h2-5,10-12H,6-9,13-14H2,1H3,(H,23,26). The van der Waals surface area contributed by atoms with E-state index in [0.29, 0.717) is 6.54 Å². The van der Waals surface area contributed by atoms with Crippen LogP contribution in [0.3, 0.4) is 0 Å². The van der Waals surface area contributed by atoms with Gasteiger partial charge < -0.3 is 10.2 Å². The van der Waals surface area contributed by atoms with Crippen molar-refractivity contribution in [2.45, 2.75) is 13.1 Å². The first kappa shape index (κ1) is 18.5. The minimum absolute atomic E-state index is 0.0193. The molecule has 0 aromatic heterocycles. The second kappa shape index (κ2) is 8.38. The van der Waals surface area contributed by atoms with Crippen LogP contribution in [-0.2, 0) is 13.1 Å². The van der Waals surface area contributed by atoms with Gasteiger partial charge in [-0.2, -0.15) is 0 Å². The second-order valence-electron chi connectivity index (χ2n) is 6.74. The molecule has 0 saturated carbocycles. The fourth-order valence-electron chi connectivity index (χ4n) is 3.00. The number of halogens is 2. The van der Waals surface area contributed by atoms with Gasteiger partial charge >= 0.3 is 0 Å². The summed E-state index contributed by atoms with van der Waals surface area (Å²) in [5.74, 6) is -2.02. The van der Waals surface area contributed by atoms with Gasteiger partial charge in [-0.05, 0) is 30.3 Å². The fraction of sp³-hybridized carbons (Fsp3) is 0.350. The molecule has 1 N–H and O–H groups in total. The highest BCUT2D eigenvalue weighted by Crippen LogP contribution is 2.11. The molecule has 1 saturated heterocycles. The van der Waals surface area contributed by atoms with Crippen LogP contribution in [0.15, 0.2) is 42.5 Å². The Balaban J connectivity index is 1.51. The zero-order valence-corrected chi connectivity index (χ0v) is 14.8. The molecule has 1 aliphatic rings. The highest BCUT2D eigenvalue weighted by atomic mass is 19.1. The number of piperazine rings is 1. The fourth-order valence-corrected chi connectivity index (χ4v) is 3.00. The van der Waals surface area contributed by atoms with Crippen LogP contribution >= 0.6 is 0 Å². The van der Waals surface area contributed by atoms with Gasteiger partial charge in [-0.1, -0.05) is 24.3 Å². The van der Waals surface area contributed by atoms with E-state index in [9.17, 15) is 13.6 Å². The molecule has 1 aliphatic heterocycles. The summed E-state index contributed by atoms with van der Waals surface area (Å²) in [6.45, 7) is 5.54. The molecule has 4 nitrogen and oxygen atoms in total. The molecule has 0 atom stereocenters. The van der Waals surface area contributed by atoms with Crippen molar-refractivity contribution in [1.29, 1.82) is 0 Å². The van der Waals surface area contributed by atoms with E-state index in [2.05, 4.69) is 34.3 Å². The number of hydrogen-bond donors (Lipinski definition) is 1. The van der Waals surface area contributed by atoms with Crippen molar-refractivity contribution in [2.24, 2.45) is 0 Å². The smallest absolute Gasteiger partial charge is 0.251 e. The van der Waals surface area contributed by atoms with E-state index in [1.807, 2.05) is 12.1 Å². The van der Waals surface area contributed by atoms with Gasteiger partial charge in [0.05, 0.1) is 0 Å². The van der Waals surface area contributed by atoms with Crippen molar-refractivity contribution < 1.29 is 13.6 Å². The van der Waals surface area contributed by atoms with Gasteiger partial charge in [-0.3, -0.25) is 9.69 Å². The molecule has 0 radical (unpaired) electrons. The Morgan fingerprint density at radius 3 is 2.15 bits per heavy atom. The Labute approximate surface area is 152 Å². The molecule has 1 amide bonds. The Bertz CT molecular complexity index is 736. The summed E-state index contributed by atoms with van der Waals surface area (Å²) < 4.78 is 26.4. The van der Waals surface area contributed by atoms with Crippen molar-refractivity contribution in [3.63, 3.8) is 0 Å². The molecule has 26 heavy (non-hydrogen) atoms. The van der Waals surface area contributed by atoms with Gasteiger partial charge in [0.15, 0.2) is 0 Å². The highest BCUT2D eigenvalue weighted by molar-refractivity contribution is 5.94. The molecule has 0 unspecified atom stereocenters. The van der Waals surface area contributed by atoms with Crippen molar-refractivity contribution in [3.8, 4) is 0 Å². The maximum Gasteiger partial charge on any atom is 0.251 e. The topological polar surface area (TPSA) is 35.6 Å². The number of likely N-dealkylation sites (N-methyl/N-ethyl adjacent to an activating group) is 1. The summed E-state index contributed by atoms with van der Waals surface area (Å²) in [5, 5.41) is 2.69. The number of rotatable bonds is 5. The predicted molar refractivity (Wildman–Crippen MR) is 96.7 cm³/mol. The lowest BCUT2D eigenvalue weighted by Crippen LogP contribution is -2.43. The van der Waals surface area contributed by atoms with Gasteiger partial charge in [0.1, 0.15) is 11.6 Å². The molecule has 0 spiro atoms. The van der Waals surface area contributed by atoms with Gasteiger partial charge in [-0.25, -0.2) is 8.78 Å². The summed E-state index contributed by atoms with van der Waals surface area (Å²) in [6, 6.07) is 10.9. The zero-order chi connectivity index (χ0) is 18.5. The summed E-state index contributed by atoms with van der Waals surface area (Å²) in [6.07, 6.45) is 0. The minimum Gasteiger partial charge on any atom is -0.348 e. The average molecular weight is 359 g/mol. The first-order valence-corrected chi connectivity index (χ1v) is 8.72.